The lowest BCUT2D eigenvalue weighted by Crippen LogP contribution is -2.42. The Labute approximate surface area is 135 Å². The number of amides is 1. The van der Waals surface area contributed by atoms with E-state index in [1.165, 1.54) is 18.3 Å². The summed E-state index contributed by atoms with van der Waals surface area (Å²) in [5.41, 5.74) is -0.423. The Balaban J connectivity index is 1.91. The predicted octanol–water partition coefficient (Wildman–Crippen LogP) is 2.56. The van der Waals surface area contributed by atoms with Crippen LogP contribution in [0, 0.1) is 0 Å². The lowest BCUT2D eigenvalue weighted by atomic mass is 10.2. The predicted molar refractivity (Wildman–Crippen MR) is 82.7 cm³/mol. The van der Waals surface area contributed by atoms with E-state index in [1.807, 2.05) is 20.8 Å². The second kappa shape index (κ2) is 6.85. The molecule has 7 heteroatoms. The molecule has 0 saturated carbocycles. The van der Waals surface area contributed by atoms with Crippen LogP contribution in [0.4, 0.5) is 4.79 Å². The first kappa shape index (κ1) is 17.1. The molecule has 2 heterocycles. The van der Waals surface area contributed by atoms with Crippen LogP contribution in [0.1, 0.15) is 44.0 Å². The molecule has 2 rings (SSSR count). The first-order valence-electron chi connectivity index (χ1n) is 7.58. The van der Waals surface area contributed by atoms with Crippen LogP contribution in [-0.4, -0.2) is 51.8 Å². The maximum Gasteiger partial charge on any atom is 0.410 e. The van der Waals surface area contributed by atoms with E-state index in [0.29, 0.717) is 19.0 Å². The Hall–Kier alpha value is -2.31. The van der Waals surface area contributed by atoms with Gasteiger partial charge in [-0.05, 0) is 39.7 Å². The van der Waals surface area contributed by atoms with Gasteiger partial charge in [-0.15, -0.1) is 0 Å². The highest BCUT2D eigenvalue weighted by Gasteiger charge is 2.32. The lowest BCUT2D eigenvalue weighted by molar-refractivity contribution is 0.0185. The highest BCUT2D eigenvalue weighted by atomic mass is 16.6. The van der Waals surface area contributed by atoms with Crippen LogP contribution in [0.15, 0.2) is 18.3 Å². The van der Waals surface area contributed by atoms with Gasteiger partial charge in [-0.2, -0.15) is 0 Å². The van der Waals surface area contributed by atoms with E-state index in [9.17, 15) is 9.59 Å². The number of aromatic carboxylic acids is 1. The van der Waals surface area contributed by atoms with Crippen LogP contribution in [0.2, 0.25) is 0 Å². The van der Waals surface area contributed by atoms with Crippen molar-refractivity contribution in [2.45, 2.75) is 45.3 Å². The zero-order chi connectivity index (χ0) is 17.0. The highest BCUT2D eigenvalue weighted by Crippen LogP contribution is 2.21. The minimum absolute atomic E-state index is 0.0641. The van der Waals surface area contributed by atoms with Gasteiger partial charge < -0.3 is 19.5 Å². The van der Waals surface area contributed by atoms with Crippen molar-refractivity contribution in [1.82, 2.24) is 9.88 Å². The maximum absolute atomic E-state index is 12.2. The minimum atomic E-state index is -1.03. The maximum atomic E-state index is 12.2. The van der Waals surface area contributed by atoms with Crippen molar-refractivity contribution in [3.8, 4) is 5.88 Å². The van der Waals surface area contributed by atoms with Gasteiger partial charge in [0.05, 0.1) is 11.6 Å². The molecule has 1 amide bonds. The van der Waals surface area contributed by atoms with Gasteiger partial charge in [-0.25, -0.2) is 14.6 Å². The molecule has 1 saturated heterocycles. The summed E-state index contributed by atoms with van der Waals surface area (Å²) < 4.78 is 11.0. The summed E-state index contributed by atoms with van der Waals surface area (Å²) in [5, 5.41) is 8.83. The van der Waals surface area contributed by atoms with E-state index in [0.717, 1.165) is 12.8 Å². The number of aromatic nitrogens is 1. The zero-order valence-electron chi connectivity index (χ0n) is 13.6. The molecule has 126 valence electrons. The molecule has 1 aromatic heterocycles. The Morgan fingerprint density at radius 3 is 2.70 bits per heavy atom. The monoisotopic (exact) mass is 322 g/mol. The molecule has 0 aromatic carbocycles. The fourth-order valence-electron chi connectivity index (χ4n) is 2.34. The number of carbonyl (C=O) groups excluding carboxylic acids is 1. The van der Waals surface area contributed by atoms with Gasteiger partial charge >= 0.3 is 12.1 Å². The van der Waals surface area contributed by atoms with E-state index >= 15 is 0 Å². The molecule has 1 aromatic rings. The molecular formula is C16H22N2O5. The molecule has 0 aliphatic carbocycles. The van der Waals surface area contributed by atoms with Crippen LogP contribution in [0.25, 0.3) is 0 Å². The van der Waals surface area contributed by atoms with Gasteiger partial charge in [0.15, 0.2) is 0 Å². The molecule has 0 bridgehead atoms. The van der Waals surface area contributed by atoms with Crippen molar-refractivity contribution in [1.29, 1.82) is 0 Å². The summed E-state index contributed by atoms with van der Waals surface area (Å²) in [7, 11) is 0. The Morgan fingerprint density at radius 1 is 1.39 bits per heavy atom. The van der Waals surface area contributed by atoms with Gasteiger partial charge in [0.25, 0.3) is 0 Å². The molecule has 0 spiro atoms. The smallest absolute Gasteiger partial charge is 0.410 e. The summed E-state index contributed by atoms with van der Waals surface area (Å²) in [6.45, 7) is 6.45. The number of hydrogen-bond donors (Lipinski definition) is 1. The summed E-state index contributed by atoms with van der Waals surface area (Å²) >= 11 is 0. The normalized spacial score (nSPS) is 17.9. The molecule has 0 radical (unpaired) electrons. The second-order valence-corrected chi connectivity index (χ2v) is 6.47. The quantitative estimate of drug-likeness (QED) is 0.916. The van der Waals surface area contributed by atoms with Crippen molar-refractivity contribution in [2.75, 3.05) is 13.2 Å². The van der Waals surface area contributed by atoms with Crippen molar-refractivity contribution in [3.63, 3.8) is 0 Å². The standard InChI is InChI=1S/C16H22N2O5/c1-16(2,3)23-15(21)18-8-4-5-12(18)10-22-13-7-6-11(9-17-13)14(19)20/h6-7,9,12H,4-5,8,10H2,1-3H3,(H,19,20). The van der Waals surface area contributed by atoms with Crippen LogP contribution in [0.3, 0.4) is 0 Å². The Bertz CT molecular complexity index is 565. The number of likely N-dealkylation sites (tertiary alicyclic amines) is 1. The first-order valence-corrected chi connectivity index (χ1v) is 7.58. The number of hydrogen-bond acceptors (Lipinski definition) is 5. The largest absolute Gasteiger partial charge is 0.478 e. The van der Waals surface area contributed by atoms with Gasteiger partial charge in [0, 0.05) is 18.8 Å². The molecule has 1 N–H and O–H groups in total. The molecule has 1 atom stereocenters. The van der Waals surface area contributed by atoms with Gasteiger partial charge in [0.1, 0.15) is 12.2 Å². The van der Waals surface area contributed by atoms with Gasteiger partial charge in [-0.1, -0.05) is 0 Å². The van der Waals surface area contributed by atoms with E-state index in [1.54, 1.807) is 4.90 Å². The minimum Gasteiger partial charge on any atom is -0.478 e. The van der Waals surface area contributed by atoms with E-state index in [2.05, 4.69) is 4.98 Å². The van der Waals surface area contributed by atoms with Crippen LogP contribution < -0.4 is 4.74 Å². The summed E-state index contributed by atoms with van der Waals surface area (Å²) in [4.78, 5) is 28.6. The first-order chi connectivity index (χ1) is 10.8. The number of carboxylic acids is 1. The summed E-state index contributed by atoms with van der Waals surface area (Å²) in [5.74, 6) is -0.693. The van der Waals surface area contributed by atoms with Crippen LogP contribution in [-0.2, 0) is 4.74 Å². The van der Waals surface area contributed by atoms with E-state index < -0.39 is 11.6 Å². The van der Waals surface area contributed by atoms with Crippen molar-refractivity contribution >= 4 is 12.1 Å². The van der Waals surface area contributed by atoms with Crippen molar-refractivity contribution in [3.05, 3.63) is 23.9 Å². The molecule has 23 heavy (non-hydrogen) atoms. The number of nitrogens with zero attached hydrogens (tertiary/aromatic N) is 2. The zero-order valence-corrected chi connectivity index (χ0v) is 13.6. The molecule has 7 nitrogen and oxygen atoms in total. The number of rotatable bonds is 4. The van der Waals surface area contributed by atoms with Crippen LogP contribution in [0.5, 0.6) is 5.88 Å². The Morgan fingerprint density at radius 2 is 2.13 bits per heavy atom. The number of carbonyl (C=O) groups is 2. The number of pyridine rings is 1. The molecular weight excluding hydrogens is 300 g/mol. The summed E-state index contributed by atoms with van der Waals surface area (Å²) in [6, 6.07) is 2.88. The average molecular weight is 322 g/mol. The third kappa shape index (κ3) is 4.84. The Kier molecular flexibility index (Phi) is 5.08. The molecule has 1 aliphatic heterocycles. The molecule has 1 unspecified atom stereocenters. The van der Waals surface area contributed by atoms with E-state index in [-0.39, 0.29) is 17.7 Å². The lowest BCUT2D eigenvalue weighted by Gasteiger charge is -2.28. The topological polar surface area (TPSA) is 89.0 Å². The SMILES string of the molecule is CC(C)(C)OC(=O)N1CCCC1COc1ccc(C(=O)O)cn1. The average Bonchev–Trinajstić information content (AvgIpc) is 2.92. The number of ether oxygens (including phenoxy) is 2. The molecule has 1 fully saturated rings. The highest BCUT2D eigenvalue weighted by molar-refractivity contribution is 5.87. The number of carboxylic acid groups (broad SMARTS) is 1. The fraction of sp³-hybridized carbons (Fsp3) is 0.562. The van der Waals surface area contributed by atoms with Gasteiger partial charge in [0.2, 0.25) is 5.88 Å². The third-order valence-electron chi connectivity index (χ3n) is 3.41. The van der Waals surface area contributed by atoms with Crippen molar-refractivity contribution < 1.29 is 24.2 Å². The fourth-order valence-corrected chi connectivity index (χ4v) is 2.34. The second-order valence-electron chi connectivity index (χ2n) is 6.47. The summed E-state index contributed by atoms with van der Waals surface area (Å²) in [6.07, 6.45) is 2.65. The van der Waals surface area contributed by atoms with Crippen molar-refractivity contribution in [2.24, 2.45) is 0 Å². The van der Waals surface area contributed by atoms with Gasteiger partial charge in [-0.3, -0.25) is 0 Å². The molecule has 1 aliphatic rings. The third-order valence-corrected chi connectivity index (χ3v) is 3.41. The van der Waals surface area contributed by atoms with Crippen LogP contribution >= 0.6 is 0 Å². The van der Waals surface area contributed by atoms with E-state index in [4.69, 9.17) is 14.6 Å².